The van der Waals surface area contributed by atoms with Gasteiger partial charge in [-0.05, 0) is 36.2 Å². The van der Waals surface area contributed by atoms with Gasteiger partial charge in [0.25, 0.3) is 0 Å². The highest BCUT2D eigenvalue weighted by molar-refractivity contribution is 7.13. The first-order chi connectivity index (χ1) is 16.3. The van der Waals surface area contributed by atoms with Crippen LogP contribution in [0.3, 0.4) is 0 Å². The van der Waals surface area contributed by atoms with Crippen molar-refractivity contribution in [1.82, 2.24) is 14.8 Å². The van der Waals surface area contributed by atoms with Crippen LogP contribution >= 0.6 is 11.3 Å². The summed E-state index contributed by atoms with van der Waals surface area (Å²) in [6.07, 6.45) is -3.33. The van der Waals surface area contributed by atoms with Gasteiger partial charge in [0.05, 0.1) is 29.3 Å². The molecule has 9 heteroatoms. The molecule has 0 bridgehead atoms. The summed E-state index contributed by atoms with van der Waals surface area (Å²) in [6, 6.07) is 14.6. The Bertz CT molecular complexity index is 1170. The highest BCUT2D eigenvalue weighted by Gasteiger charge is 2.30. The van der Waals surface area contributed by atoms with Crippen LogP contribution in [-0.2, 0) is 23.9 Å². The van der Waals surface area contributed by atoms with Gasteiger partial charge in [0, 0.05) is 43.7 Å². The second-order valence-corrected chi connectivity index (χ2v) is 9.07. The Morgan fingerprint density at radius 2 is 1.76 bits per heavy atom. The summed E-state index contributed by atoms with van der Waals surface area (Å²) in [5, 5.41) is 11.3. The highest BCUT2D eigenvalue weighted by atomic mass is 32.1. The fourth-order valence-corrected chi connectivity index (χ4v) is 4.74. The second-order valence-electron chi connectivity index (χ2n) is 8.22. The van der Waals surface area contributed by atoms with Crippen LogP contribution in [-0.4, -0.2) is 46.9 Å². The summed E-state index contributed by atoms with van der Waals surface area (Å²) in [7, 11) is 0. The molecule has 34 heavy (non-hydrogen) atoms. The molecule has 4 rings (SSSR count). The van der Waals surface area contributed by atoms with Gasteiger partial charge >= 0.3 is 6.18 Å². The molecule has 1 aliphatic heterocycles. The maximum absolute atomic E-state index is 12.9. The first-order valence-corrected chi connectivity index (χ1v) is 11.8. The predicted octanol–water partition coefficient (Wildman–Crippen LogP) is 4.98. The van der Waals surface area contributed by atoms with E-state index in [9.17, 15) is 18.0 Å². The number of hydrogen-bond acceptors (Lipinski definition) is 5. The van der Waals surface area contributed by atoms with Crippen LogP contribution in [0, 0.1) is 11.3 Å². The topological polar surface area (TPSA) is 60.2 Å². The molecule has 3 aromatic rings. The van der Waals surface area contributed by atoms with Crippen LogP contribution in [0.25, 0.3) is 10.6 Å². The van der Waals surface area contributed by atoms with Crippen LogP contribution < -0.4 is 0 Å². The van der Waals surface area contributed by atoms with E-state index in [-0.39, 0.29) is 12.3 Å². The zero-order valence-corrected chi connectivity index (χ0v) is 19.2. The van der Waals surface area contributed by atoms with Gasteiger partial charge < -0.3 is 4.90 Å². The van der Waals surface area contributed by atoms with Gasteiger partial charge in [-0.2, -0.15) is 18.4 Å². The number of carbonyl (C=O) groups excluding carboxylic acids is 1. The van der Waals surface area contributed by atoms with Gasteiger partial charge in [-0.25, -0.2) is 4.98 Å². The van der Waals surface area contributed by atoms with Crippen LogP contribution in [0.5, 0.6) is 0 Å². The lowest BCUT2D eigenvalue weighted by molar-refractivity contribution is -0.137. The molecule has 1 saturated heterocycles. The van der Waals surface area contributed by atoms with Crippen molar-refractivity contribution in [1.29, 1.82) is 5.26 Å². The van der Waals surface area contributed by atoms with E-state index in [1.807, 2.05) is 29.2 Å². The number of alkyl halides is 3. The summed E-state index contributed by atoms with van der Waals surface area (Å²) >= 11 is 1.32. The van der Waals surface area contributed by atoms with Crippen LogP contribution in [0.15, 0.2) is 53.9 Å². The van der Waals surface area contributed by atoms with E-state index < -0.39 is 11.7 Å². The molecule has 2 aromatic carbocycles. The fourth-order valence-electron chi connectivity index (χ4n) is 3.91. The average Bonchev–Trinajstić information content (AvgIpc) is 3.16. The Hall–Kier alpha value is -3.22. The normalized spacial score (nSPS) is 15.1. The van der Waals surface area contributed by atoms with E-state index in [4.69, 9.17) is 5.26 Å². The first kappa shape index (κ1) is 23.9. The van der Waals surface area contributed by atoms with Gasteiger partial charge in [0.2, 0.25) is 5.91 Å². The number of nitrogens with zero attached hydrogens (tertiary/aromatic N) is 4. The van der Waals surface area contributed by atoms with Crippen molar-refractivity contribution in [2.75, 3.05) is 26.2 Å². The molecule has 0 unspecified atom stereocenters. The van der Waals surface area contributed by atoms with E-state index in [1.54, 1.807) is 5.38 Å². The van der Waals surface area contributed by atoms with E-state index in [0.717, 1.165) is 43.8 Å². The summed E-state index contributed by atoms with van der Waals surface area (Å²) in [5.41, 5.74) is 2.31. The van der Waals surface area contributed by atoms with Gasteiger partial charge in [0.1, 0.15) is 5.01 Å². The SMILES string of the molecule is N#Cc1ccc(CN2CCCN(C(=O)Cc3csc(-c4ccc(C(F)(F)F)cc4)n3)CC2)cc1. The Morgan fingerprint density at radius 1 is 1.03 bits per heavy atom. The molecule has 1 aliphatic rings. The molecule has 1 aromatic heterocycles. The first-order valence-electron chi connectivity index (χ1n) is 10.9. The minimum atomic E-state index is -4.37. The number of hydrogen-bond donors (Lipinski definition) is 0. The number of carbonyl (C=O) groups is 1. The molecule has 1 fully saturated rings. The number of thiazole rings is 1. The molecule has 0 spiro atoms. The summed E-state index contributed by atoms with van der Waals surface area (Å²) in [5.74, 6) is 0.00416. The summed E-state index contributed by atoms with van der Waals surface area (Å²) in [4.78, 5) is 21.5. The molecule has 0 aliphatic carbocycles. The molecule has 0 saturated carbocycles. The summed E-state index contributed by atoms with van der Waals surface area (Å²) < 4.78 is 38.3. The molecule has 0 N–H and O–H groups in total. The number of nitriles is 1. The zero-order chi connectivity index (χ0) is 24.1. The van der Waals surface area contributed by atoms with Crippen LogP contribution in [0.1, 0.15) is 28.8 Å². The van der Waals surface area contributed by atoms with Gasteiger partial charge in [-0.1, -0.05) is 24.3 Å². The average molecular weight is 485 g/mol. The number of rotatable bonds is 5. The zero-order valence-electron chi connectivity index (χ0n) is 18.4. The Kier molecular flexibility index (Phi) is 7.29. The Morgan fingerprint density at radius 3 is 2.44 bits per heavy atom. The molecule has 2 heterocycles. The smallest absolute Gasteiger partial charge is 0.341 e. The fraction of sp³-hybridized carbons (Fsp3) is 0.320. The molecule has 1 amide bonds. The Labute approximate surface area is 200 Å². The van der Waals surface area contributed by atoms with Crippen LogP contribution in [0.4, 0.5) is 13.2 Å². The van der Waals surface area contributed by atoms with Crippen molar-refractivity contribution >= 4 is 17.2 Å². The number of benzene rings is 2. The van der Waals surface area contributed by atoms with Crippen molar-refractivity contribution < 1.29 is 18.0 Å². The third-order valence-corrected chi connectivity index (χ3v) is 6.71. The Balaban J connectivity index is 1.31. The third kappa shape index (κ3) is 6.01. The minimum Gasteiger partial charge on any atom is -0.341 e. The quantitative estimate of drug-likeness (QED) is 0.513. The highest BCUT2D eigenvalue weighted by Crippen LogP contribution is 2.31. The van der Waals surface area contributed by atoms with Gasteiger partial charge in [-0.15, -0.1) is 11.3 Å². The van der Waals surface area contributed by atoms with Crippen molar-refractivity contribution in [3.8, 4) is 16.6 Å². The molecular formula is C25H23F3N4OS. The second kappa shape index (κ2) is 10.4. The standard InChI is InChI=1S/C25H23F3N4OS/c26-25(27,28)21-8-6-20(7-9-21)24-30-22(17-34-24)14-23(33)32-11-1-10-31(12-13-32)16-19-4-2-18(15-29)3-5-19/h2-9,17H,1,10-14,16H2. The number of halogens is 3. The number of aromatic nitrogens is 1. The maximum Gasteiger partial charge on any atom is 0.416 e. The van der Waals surface area contributed by atoms with Crippen molar-refractivity contribution in [2.24, 2.45) is 0 Å². The van der Waals surface area contributed by atoms with Crippen molar-refractivity contribution in [3.05, 3.63) is 76.3 Å². The lowest BCUT2D eigenvalue weighted by Crippen LogP contribution is -2.36. The maximum atomic E-state index is 12.9. The van der Waals surface area contributed by atoms with Crippen LogP contribution in [0.2, 0.25) is 0 Å². The summed E-state index contributed by atoms with van der Waals surface area (Å²) in [6.45, 7) is 3.73. The molecule has 176 valence electrons. The predicted molar refractivity (Wildman–Crippen MR) is 124 cm³/mol. The lowest BCUT2D eigenvalue weighted by atomic mass is 10.1. The molecular weight excluding hydrogens is 461 g/mol. The molecule has 0 atom stereocenters. The largest absolute Gasteiger partial charge is 0.416 e. The minimum absolute atomic E-state index is 0.00416. The van der Waals surface area contributed by atoms with E-state index in [1.165, 1.54) is 23.5 Å². The van der Waals surface area contributed by atoms with Gasteiger partial charge in [0.15, 0.2) is 0 Å². The van der Waals surface area contributed by atoms with E-state index in [2.05, 4.69) is 16.0 Å². The van der Waals surface area contributed by atoms with Crippen molar-refractivity contribution in [3.63, 3.8) is 0 Å². The van der Waals surface area contributed by atoms with Crippen molar-refractivity contribution in [2.45, 2.75) is 25.6 Å². The van der Waals surface area contributed by atoms with E-state index in [0.29, 0.717) is 34.9 Å². The molecule has 5 nitrogen and oxygen atoms in total. The monoisotopic (exact) mass is 484 g/mol. The molecule has 0 radical (unpaired) electrons. The van der Waals surface area contributed by atoms with E-state index >= 15 is 0 Å². The van der Waals surface area contributed by atoms with Gasteiger partial charge in [-0.3, -0.25) is 9.69 Å². The third-order valence-electron chi connectivity index (χ3n) is 5.77. The number of amides is 1. The lowest BCUT2D eigenvalue weighted by Gasteiger charge is -2.22.